The van der Waals surface area contributed by atoms with Gasteiger partial charge in [0.1, 0.15) is 0 Å². The Labute approximate surface area is 117 Å². The molecule has 19 heavy (non-hydrogen) atoms. The summed E-state index contributed by atoms with van der Waals surface area (Å²) in [6.45, 7) is 8.71. The van der Waals surface area contributed by atoms with Gasteiger partial charge in [0, 0.05) is 17.4 Å². The Hall–Kier alpha value is -1.12. The summed E-state index contributed by atoms with van der Waals surface area (Å²) in [5.74, 6) is 2.06. The van der Waals surface area contributed by atoms with Gasteiger partial charge in [-0.2, -0.15) is 0 Å². The lowest BCUT2D eigenvalue weighted by molar-refractivity contribution is 0.316. The Morgan fingerprint density at radius 1 is 1.26 bits per heavy atom. The molecule has 1 fully saturated rings. The number of nitrogens with one attached hydrogen (secondary N) is 1. The van der Waals surface area contributed by atoms with Crippen LogP contribution in [0.5, 0.6) is 0 Å². The van der Waals surface area contributed by atoms with Crippen LogP contribution in [0.25, 0.3) is 0 Å². The molecule has 0 spiro atoms. The molecule has 0 aliphatic heterocycles. The first-order chi connectivity index (χ1) is 9.10. The molecule has 1 saturated carbocycles. The summed E-state index contributed by atoms with van der Waals surface area (Å²) in [6, 6.07) is 2.65. The number of hydrogen-bond donors (Lipinski definition) is 1. The van der Waals surface area contributed by atoms with Crippen molar-refractivity contribution in [2.45, 2.75) is 71.8 Å². The van der Waals surface area contributed by atoms with Crippen LogP contribution in [-0.4, -0.2) is 16.0 Å². The summed E-state index contributed by atoms with van der Waals surface area (Å²) in [7, 11) is 0. The third-order valence-electron chi connectivity index (χ3n) is 4.21. The van der Waals surface area contributed by atoms with Crippen molar-refractivity contribution in [3.05, 3.63) is 17.5 Å². The molecule has 2 atom stereocenters. The predicted octanol–water partition coefficient (Wildman–Crippen LogP) is 4.29. The zero-order valence-corrected chi connectivity index (χ0v) is 12.7. The van der Waals surface area contributed by atoms with Gasteiger partial charge in [-0.25, -0.2) is 9.97 Å². The molecule has 0 amide bonds. The summed E-state index contributed by atoms with van der Waals surface area (Å²) < 4.78 is 0. The number of anilines is 1. The van der Waals surface area contributed by atoms with E-state index in [4.69, 9.17) is 0 Å². The smallest absolute Gasteiger partial charge is 0.223 e. The van der Waals surface area contributed by atoms with Crippen LogP contribution in [0.4, 0.5) is 5.95 Å². The van der Waals surface area contributed by atoms with Crippen LogP contribution < -0.4 is 5.32 Å². The fraction of sp³-hybridized carbons (Fsp3) is 0.750. The topological polar surface area (TPSA) is 37.8 Å². The SMILES string of the molecule is CCC1CCCCC1Nc1nc(C)cc(C(C)C)n1. The van der Waals surface area contributed by atoms with Crippen molar-refractivity contribution in [2.75, 3.05) is 5.32 Å². The number of rotatable bonds is 4. The van der Waals surface area contributed by atoms with Crippen molar-refractivity contribution in [3.63, 3.8) is 0 Å². The standard InChI is InChI=1S/C16H27N3/c1-5-13-8-6-7-9-14(13)18-16-17-12(4)10-15(19-16)11(2)3/h10-11,13-14H,5-9H2,1-4H3,(H,17,18,19). The van der Waals surface area contributed by atoms with Gasteiger partial charge in [-0.1, -0.05) is 40.0 Å². The maximum Gasteiger partial charge on any atom is 0.223 e. The van der Waals surface area contributed by atoms with Gasteiger partial charge in [0.25, 0.3) is 0 Å². The highest BCUT2D eigenvalue weighted by atomic mass is 15.1. The lowest BCUT2D eigenvalue weighted by Gasteiger charge is -2.31. The number of aryl methyl sites for hydroxylation is 1. The highest BCUT2D eigenvalue weighted by Crippen LogP contribution is 2.29. The summed E-state index contributed by atoms with van der Waals surface area (Å²) >= 11 is 0. The maximum absolute atomic E-state index is 4.67. The molecule has 106 valence electrons. The quantitative estimate of drug-likeness (QED) is 0.878. The van der Waals surface area contributed by atoms with Gasteiger partial charge in [0.05, 0.1) is 0 Å². The van der Waals surface area contributed by atoms with E-state index in [-0.39, 0.29) is 0 Å². The number of nitrogens with zero attached hydrogens (tertiary/aromatic N) is 2. The monoisotopic (exact) mass is 261 g/mol. The van der Waals surface area contributed by atoms with Gasteiger partial charge in [0.15, 0.2) is 0 Å². The number of hydrogen-bond acceptors (Lipinski definition) is 3. The average Bonchev–Trinajstić information content (AvgIpc) is 2.38. The Morgan fingerprint density at radius 2 is 2.00 bits per heavy atom. The normalized spacial score (nSPS) is 23.6. The Kier molecular flexibility index (Phi) is 4.78. The summed E-state index contributed by atoms with van der Waals surface area (Å²) in [4.78, 5) is 9.23. The Balaban J connectivity index is 2.13. The van der Waals surface area contributed by atoms with E-state index in [0.29, 0.717) is 12.0 Å². The minimum absolute atomic E-state index is 0.454. The van der Waals surface area contributed by atoms with E-state index in [1.165, 1.54) is 32.1 Å². The zero-order valence-electron chi connectivity index (χ0n) is 12.7. The molecule has 1 aliphatic rings. The molecular weight excluding hydrogens is 234 g/mol. The van der Waals surface area contributed by atoms with E-state index in [0.717, 1.165) is 23.3 Å². The predicted molar refractivity (Wildman–Crippen MR) is 80.5 cm³/mol. The van der Waals surface area contributed by atoms with Crippen LogP contribution in [0.1, 0.15) is 70.2 Å². The van der Waals surface area contributed by atoms with Gasteiger partial charge < -0.3 is 5.32 Å². The maximum atomic E-state index is 4.67. The van der Waals surface area contributed by atoms with Gasteiger partial charge >= 0.3 is 0 Å². The van der Waals surface area contributed by atoms with E-state index in [2.05, 4.69) is 49.0 Å². The lowest BCUT2D eigenvalue weighted by Crippen LogP contribution is -2.32. The van der Waals surface area contributed by atoms with Gasteiger partial charge in [-0.05, 0) is 37.7 Å². The van der Waals surface area contributed by atoms with Gasteiger partial charge in [0.2, 0.25) is 5.95 Å². The van der Waals surface area contributed by atoms with E-state index < -0.39 is 0 Å². The fourth-order valence-corrected chi connectivity index (χ4v) is 3.01. The van der Waals surface area contributed by atoms with Crippen molar-refractivity contribution in [2.24, 2.45) is 5.92 Å². The average molecular weight is 261 g/mol. The molecular formula is C16H27N3. The minimum Gasteiger partial charge on any atom is -0.351 e. The third kappa shape index (κ3) is 3.68. The van der Waals surface area contributed by atoms with Crippen LogP contribution >= 0.6 is 0 Å². The largest absolute Gasteiger partial charge is 0.351 e. The summed E-state index contributed by atoms with van der Waals surface area (Å²) in [5, 5.41) is 3.60. The number of aromatic nitrogens is 2. The van der Waals surface area contributed by atoms with Crippen molar-refractivity contribution in [1.82, 2.24) is 9.97 Å². The highest BCUT2D eigenvalue weighted by molar-refractivity contribution is 5.30. The minimum atomic E-state index is 0.454. The van der Waals surface area contributed by atoms with Gasteiger partial charge in [-0.3, -0.25) is 0 Å². The third-order valence-corrected chi connectivity index (χ3v) is 4.21. The molecule has 0 saturated heterocycles. The first-order valence-corrected chi connectivity index (χ1v) is 7.72. The molecule has 2 unspecified atom stereocenters. The molecule has 1 N–H and O–H groups in total. The summed E-state index contributed by atoms with van der Waals surface area (Å²) in [5.41, 5.74) is 2.20. The molecule has 1 aromatic rings. The second kappa shape index (κ2) is 6.36. The van der Waals surface area contributed by atoms with E-state index in [9.17, 15) is 0 Å². The van der Waals surface area contributed by atoms with Crippen LogP contribution in [0.3, 0.4) is 0 Å². The molecule has 0 aromatic carbocycles. The molecule has 1 aliphatic carbocycles. The molecule has 1 heterocycles. The first kappa shape index (κ1) is 14.3. The summed E-state index contributed by atoms with van der Waals surface area (Å²) in [6.07, 6.45) is 6.56. The first-order valence-electron chi connectivity index (χ1n) is 7.72. The van der Waals surface area contributed by atoms with Crippen molar-refractivity contribution >= 4 is 5.95 Å². The van der Waals surface area contributed by atoms with Crippen LogP contribution in [0, 0.1) is 12.8 Å². The van der Waals surface area contributed by atoms with Crippen molar-refractivity contribution < 1.29 is 0 Å². The van der Waals surface area contributed by atoms with E-state index in [1.54, 1.807) is 0 Å². The zero-order chi connectivity index (χ0) is 13.8. The second-order valence-corrected chi connectivity index (χ2v) is 6.12. The molecule has 3 heteroatoms. The molecule has 2 rings (SSSR count). The van der Waals surface area contributed by atoms with Gasteiger partial charge in [-0.15, -0.1) is 0 Å². The van der Waals surface area contributed by atoms with E-state index >= 15 is 0 Å². The fourth-order valence-electron chi connectivity index (χ4n) is 3.01. The highest BCUT2D eigenvalue weighted by Gasteiger charge is 2.24. The van der Waals surface area contributed by atoms with Crippen LogP contribution in [0.15, 0.2) is 6.07 Å². The van der Waals surface area contributed by atoms with Crippen molar-refractivity contribution in [1.29, 1.82) is 0 Å². The molecule has 3 nitrogen and oxygen atoms in total. The Bertz CT molecular complexity index is 414. The second-order valence-electron chi connectivity index (χ2n) is 6.12. The molecule has 0 radical (unpaired) electrons. The molecule has 1 aromatic heterocycles. The molecule has 0 bridgehead atoms. The Morgan fingerprint density at radius 3 is 2.68 bits per heavy atom. The van der Waals surface area contributed by atoms with E-state index in [1.807, 2.05) is 0 Å². The van der Waals surface area contributed by atoms with Crippen LogP contribution in [0.2, 0.25) is 0 Å². The lowest BCUT2D eigenvalue weighted by atomic mass is 9.83. The van der Waals surface area contributed by atoms with Crippen LogP contribution in [-0.2, 0) is 0 Å². The van der Waals surface area contributed by atoms with Crippen molar-refractivity contribution in [3.8, 4) is 0 Å².